The van der Waals surface area contributed by atoms with Gasteiger partial charge in [0, 0.05) is 11.9 Å². The van der Waals surface area contributed by atoms with Crippen LogP contribution in [0, 0.1) is 5.95 Å². The number of anilines is 1. The standard InChI is InChI=1S/C18H14FN5O/c19-15-8-7-14-18(23-15)24(12-5-3-11(10-25)4-6-12)17(22-14)13-2-1-9-21-16(13)20/h1-9,25H,10H2,(H2,20,21). The molecule has 0 fully saturated rings. The van der Waals surface area contributed by atoms with E-state index in [-0.39, 0.29) is 6.61 Å². The predicted molar refractivity (Wildman–Crippen MR) is 92.4 cm³/mol. The molecule has 124 valence electrons. The lowest BCUT2D eigenvalue weighted by Crippen LogP contribution is -2.02. The van der Waals surface area contributed by atoms with Crippen molar-refractivity contribution < 1.29 is 9.50 Å². The van der Waals surface area contributed by atoms with Gasteiger partial charge in [0.2, 0.25) is 5.95 Å². The maximum absolute atomic E-state index is 13.7. The molecule has 3 N–H and O–H groups in total. The maximum Gasteiger partial charge on any atom is 0.214 e. The molecule has 0 bridgehead atoms. The maximum atomic E-state index is 13.7. The van der Waals surface area contributed by atoms with Gasteiger partial charge in [-0.15, -0.1) is 0 Å². The molecule has 6 nitrogen and oxygen atoms in total. The fourth-order valence-electron chi connectivity index (χ4n) is 2.72. The number of nitrogens with two attached hydrogens (primary N) is 1. The minimum Gasteiger partial charge on any atom is -0.392 e. The number of hydrogen-bond acceptors (Lipinski definition) is 5. The zero-order valence-corrected chi connectivity index (χ0v) is 13.1. The van der Waals surface area contributed by atoms with Crippen molar-refractivity contribution in [1.29, 1.82) is 0 Å². The summed E-state index contributed by atoms with van der Waals surface area (Å²) in [5.74, 6) is 0.258. The fraction of sp³-hybridized carbons (Fsp3) is 0.0556. The van der Waals surface area contributed by atoms with E-state index < -0.39 is 5.95 Å². The molecule has 0 saturated carbocycles. The summed E-state index contributed by atoms with van der Waals surface area (Å²) >= 11 is 0. The number of benzene rings is 1. The molecule has 3 heterocycles. The average Bonchev–Trinajstić information content (AvgIpc) is 3.00. The molecule has 0 aliphatic rings. The van der Waals surface area contributed by atoms with Crippen molar-refractivity contribution in [2.75, 3.05) is 5.73 Å². The van der Waals surface area contributed by atoms with Gasteiger partial charge in [-0.1, -0.05) is 12.1 Å². The van der Waals surface area contributed by atoms with Crippen LogP contribution in [0.3, 0.4) is 0 Å². The van der Waals surface area contributed by atoms with Crippen LogP contribution in [0.5, 0.6) is 0 Å². The zero-order valence-electron chi connectivity index (χ0n) is 13.1. The Morgan fingerprint density at radius 2 is 1.84 bits per heavy atom. The van der Waals surface area contributed by atoms with E-state index in [9.17, 15) is 9.50 Å². The SMILES string of the molecule is Nc1ncccc1-c1nc2ccc(F)nc2n1-c1ccc(CO)cc1. The normalized spacial score (nSPS) is 11.1. The van der Waals surface area contributed by atoms with E-state index in [2.05, 4.69) is 15.0 Å². The van der Waals surface area contributed by atoms with Crippen LogP contribution in [-0.2, 0) is 6.61 Å². The molecule has 0 aliphatic heterocycles. The van der Waals surface area contributed by atoms with Crippen molar-refractivity contribution in [3.63, 3.8) is 0 Å². The van der Waals surface area contributed by atoms with Crippen LogP contribution < -0.4 is 5.73 Å². The Balaban J connectivity index is 2.03. The minimum atomic E-state index is -0.591. The quantitative estimate of drug-likeness (QED) is 0.562. The van der Waals surface area contributed by atoms with Gasteiger partial charge in [-0.2, -0.15) is 9.37 Å². The summed E-state index contributed by atoms with van der Waals surface area (Å²) in [6, 6.07) is 13.6. The van der Waals surface area contributed by atoms with Gasteiger partial charge in [0.25, 0.3) is 0 Å². The largest absolute Gasteiger partial charge is 0.392 e. The summed E-state index contributed by atoms with van der Waals surface area (Å²) in [7, 11) is 0. The highest BCUT2D eigenvalue weighted by Crippen LogP contribution is 2.30. The average molecular weight is 335 g/mol. The predicted octanol–water partition coefficient (Wildman–Crippen LogP) is 2.70. The molecule has 0 saturated heterocycles. The summed E-state index contributed by atoms with van der Waals surface area (Å²) in [5.41, 5.74) is 9.07. The Labute approximate surface area is 142 Å². The van der Waals surface area contributed by atoms with Crippen LogP contribution in [-0.4, -0.2) is 24.6 Å². The first kappa shape index (κ1) is 15.2. The van der Waals surface area contributed by atoms with E-state index in [4.69, 9.17) is 5.73 Å². The molecule has 7 heteroatoms. The van der Waals surface area contributed by atoms with Crippen molar-refractivity contribution in [3.8, 4) is 17.1 Å². The van der Waals surface area contributed by atoms with Crippen LogP contribution in [0.4, 0.5) is 10.2 Å². The van der Waals surface area contributed by atoms with Gasteiger partial charge < -0.3 is 10.8 Å². The summed E-state index contributed by atoms with van der Waals surface area (Å²) in [6.07, 6.45) is 1.60. The first-order valence-corrected chi connectivity index (χ1v) is 7.63. The lowest BCUT2D eigenvalue weighted by atomic mass is 10.2. The lowest BCUT2D eigenvalue weighted by molar-refractivity contribution is 0.282. The highest BCUT2D eigenvalue weighted by molar-refractivity contribution is 5.82. The number of fused-ring (bicyclic) bond motifs is 1. The van der Waals surface area contributed by atoms with Crippen molar-refractivity contribution in [2.45, 2.75) is 6.61 Å². The summed E-state index contributed by atoms with van der Waals surface area (Å²) in [4.78, 5) is 12.7. The van der Waals surface area contributed by atoms with E-state index in [1.165, 1.54) is 6.07 Å². The first-order chi connectivity index (χ1) is 12.2. The number of hydrogen-bond donors (Lipinski definition) is 2. The molecular formula is C18H14FN5O. The van der Waals surface area contributed by atoms with Crippen molar-refractivity contribution >= 4 is 17.0 Å². The van der Waals surface area contributed by atoms with E-state index in [1.54, 1.807) is 41.1 Å². The molecule has 25 heavy (non-hydrogen) atoms. The summed E-state index contributed by atoms with van der Waals surface area (Å²) in [6.45, 7) is -0.0553. The smallest absolute Gasteiger partial charge is 0.214 e. The van der Waals surface area contributed by atoms with E-state index in [0.717, 1.165) is 11.3 Å². The molecule has 0 aliphatic carbocycles. The van der Waals surface area contributed by atoms with Crippen molar-refractivity contribution in [1.82, 2.24) is 19.5 Å². The molecule has 1 aromatic carbocycles. The van der Waals surface area contributed by atoms with Gasteiger partial charge in [0.15, 0.2) is 11.5 Å². The van der Waals surface area contributed by atoms with Gasteiger partial charge in [-0.25, -0.2) is 9.97 Å². The fourth-order valence-corrected chi connectivity index (χ4v) is 2.72. The van der Waals surface area contributed by atoms with Crippen LogP contribution in [0.1, 0.15) is 5.56 Å². The highest BCUT2D eigenvalue weighted by Gasteiger charge is 2.18. The van der Waals surface area contributed by atoms with Crippen LogP contribution in [0.15, 0.2) is 54.7 Å². The van der Waals surface area contributed by atoms with Gasteiger partial charge in [0.1, 0.15) is 11.3 Å². The second-order valence-corrected chi connectivity index (χ2v) is 5.51. The van der Waals surface area contributed by atoms with E-state index in [0.29, 0.717) is 28.4 Å². The van der Waals surface area contributed by atoms with Crippen molar-refractivity contribution in [2.24, 2.45) is 0 Å². The number of pyridine rings is 2. The molecule has 0 amide bonds. The number of aliphatic hydroxyl groups excluding tert-OH is 1. The Morgan fingerprint density at radius 1 is 1.04 bits per heavy atom. The molecule has 0 spiro atoms. The van der Waals surface area contributed by atoms with Crippen LogP contribution >= 0.6 is 0 Å². The first-order valence-electron chi connectivity index (χ1n) is 7.63. The van der Waals surface area contributed by atoms with Crippen molar-refractivity contribution in [3.05, 3.63) is 66.2 Å². The van der Waals surface area contributed by atoms with E-state index >= 15 is 0 Å². The Hall–Kier alpha value is -3.32. The second-order valence-electron chi connectivity index (χ2n) is 5.51. The molecule has 4 aromatic rings. The zero-order chi connectivity index (χ0) is 17.4. The second kappa shape index (κ2) is 5.95. The number of imidazole rings is 1. The summed E-state index contributed by atoms with van der Waals surface area (Å²) < 4.78 is 15.4. The van der Waals surface area contributed by atoms with Gasteiger partial charge >= 0.3 is 0 Å². The molecule has 0 unspecified atom stereocenters. The number of rotatable bonds is 3. The Morgan fingerprint density at radius 3 is 2.56 bits per heavy atom. The molecule has 0 radical (unpaired) electrons. The van der Waals surface area contributed by atoms with Crippen LogP contribution in [0.25, 0.3) is 28.2 Å². The minimum absolute atomic E-state index is 0.0553. The van der Waals surface area contributed by atoms with Gasteiger partial charge in [0.05, 0.1) is 12.2 Å². The molecular weight excluding hydrogens is 321 g/mol. The number of halogens is 1. The number of nitrogens with zero attached hydrogens (tertiary/aromatic N) is 4. The number of aliphatic hydroxyl groups is 1. The third-order valence-corrected chi connectivity index (χ3v) is 3.93. The third kappa shape index (κ3) is 2.60. The Bertz CT molecular complexity index is 1060. The topological polar surface area (TPSA) is 89.9 Å². The molecule has 4 rings (SSSR count). The van der Waals surface area contributed by atoms with Gasteiger partial charge in [-0.05, 0) is 42.0 Å². The number of nitrogen functional groups attached to an aromatic ring is 1. The molecule has 3 aromatic heterocycles. The summed E-state index contributed by atoms with van der Waals surface area (Å²) in [5, 5.41) is 9.23. The monoisotopic (exact) mass is 335 g/mol. The van der Waals surface area contributed by atoms with Gasteiger partial charge in [-0.3, -0.25) is 4.57 Å². The van der Waals surface area contributed by atoms with E-state index in [1.807, 2.05) is 12.1 Å². The van der Waals surface area contributed by atoms with Crippen LogP contribution in [0.2, 0.25) is 0 Å². The molecule has 0 atom stereocenters. The number of aromatic nitrogens is 4. The highest BCUT2D eigenvalue weighted by atomic mass is 19.1. The Kier molecular flexibility index (Phi) is 3.62. The lowest BCUT2D eigenvalue weighted by Gasteiger charge is -2.10. The third-order valence-electron chi connectivity index (χ3n) is 3.93.